The Labute approximate surface area is 166 Å². The van der Waals surface area contributed by atoms with E-state index in [0.717, 1.165) is 24.0 Å². The molecule has 1 aliphatic carbocycles. The van der Waals surface area contributed by atoms with Gasteiger partial charge in [-0.2, -0.15) is 0 Å². The summed E-state index contributed by atoms with van der Waals surface area (Å²) in [7, 11) is 0. The molecule has 4 rings (SSSR count). The van der Waals surface area contributed by atoms with Crippen LogP contribution in [0.5, 0.6) is 0 Å². The molecule has 27 heavy (non-hydrogen) atoms. The Hall–Kier alpha value is -2.38. The van der Waals surface area contributed by atoms with Crippen LogP contribution in [0.2, 0.25) is 5.02 Å². The lowest BCUT2D eigenvalue weighted by Gasteiger charge is -2.20. The molecule has 1 N–H and O–H groups in total. The molecule has 2 aromatic carbocycles. The zero-order valence-electron chi connectivity index (χ0n) is 14.5. The molecule has 6 nitrogen and oxygen atoms in total. The summed E-state index contributed by atoms with van der Waals surface area (Å²) in [4.78, 5) is 12.6. The van der Waals surface area contributed by atoms with Crippen LogP contribution in [0.25, 0.3) is 0 Å². The number of rotatable bonds is 7. The summed E-state index contributed by atoms with van der Waals surface area (Å²) in [6, 6.07) is 17.6. The van der Waals surface area contributed by atoms with Gasteiger partial charge in [0.05, 0.1) is 17.8 Å². The SMILES string of the molecule is O=C(CSc1nnnn1C1CC1)N[C@@H](c1ccccc1)c1ccc(Cl)cc1. The number of nitrogens with one attached hydrogen (secondary N) is 1. The number of halogens is 1. The van der Waals surface area contributed by atoms with Gasteiger partial charge in [-0.15, -0.1) is 5.10 Å². The lowest BCUT2D eigenvalue weighted by Crippen LogP contribution is -2.30. The second-order valence-electron chi connectivity index (χ2n) is 6.39. The van der Waals surface area contributed by atoms with Gasteiger partial charge in [-0.05, 0) is 46.5 Å². The van der Waals surface area contributed by atoms with Crippen LogP contribution in [0.4, 0.5) is 0 Å². The quantitative estimate of drug-likeness (QED) is 0.614. The number of hydrogen-bond acceptors (Lipinski definition) is 5. The van der Waals surface area contributed by atoms with Gasteiger partial charge in [0.15, 0.2) is 0 Å². The molecule has 0 unspecified atom stereocenters. The molecule has 3 aromatic rings. The maximum atomic E-state index is 12.6. The molecule has 0 bridgehead atoms. The number of carbonyl (C=O) groups excluding carboxylic acids is 1. The van der Waals surface area contributed by atoms with Crippen LogP contribution in [0.15, 0.2) is 59.8 Å². The van der Waals surface area contributed by atoms with E-state index < -0.39 is 0 Å². The van der Waals surface area contributed by atoms with E-state index in [2.05, 4.69) is 20.8 Å². The lowest BCUT2D eigenvalue weighted by atomic mass is 9.99. The molecule has 1 fully saturated rings. The number of amides is 1. The maximum Gasteiger partial charge on any atom is 0.231 e. The molecule has 0 aliphatic heterocycles. The molecule has 0 spiro atoms. The molecule has 1 atom stereocenters. The molecule has 1 aromatic heterocycles. The van der Waals surface area contributed by atoms with Gasteiger partial charge in [0.2, 0.25) is 11.1 Å². The number of hydrogen-bond donors (Lipinski definition) is 1. The second kappa shape index (κ2) is 8.10. The average Bonchev–Trinajstić information content (AvgIpc) is 3.44. The van der Waals surface area contributed by atoms with Crippen LogP contribution in [-0.4, -0.2) is 31.9 Å². The molecule has 0 radical (unpaired) electrons. The molecule has 8 heteroatoms. The minimum absolute atomic E-state index is 0.0749. The van der Waals surface area contributed by atoms with Crippen molar-refractivity contribution in [3.8, 4) is 0 Å². The van der Waals surface area contributed by atoms with Gasteiger partial charge < -0.3 is 5.32 Å². The minimum Gasteiger partial charge on any atom is -0.344 e. The number of thioether (sulfide) groups is 1. The maximum absolute atomic E-state index is 12.6. The first kappa shape index (κ1) is 18.0. The highest BCUT2D eigenvalue weighted by atomic mass is 35.5. The molecule has 1 saturated carbocycles. The van der Waals surface area contributed by atoms with E-state index in [9.17, 15) is 4.79 Å². The third kappa shape index (κ3) is 4.48. The molecule has 1 heterocycles. The van der Waals surface area contributed by atoms with Crippen molar-refractivity contribution in [2.24, 2.45) is 0 Å². The monoisotopic (exact) mass is 399 g/mol. The van der Waals surface area contributed by atoms with Crippen molar-refractivity contribution in [3.63, 3.8) is 0 Å². The Morgan fingerprint density at radius 2 is 1.85 bits per heavy atom. The van der Waals surface area contributed by atoms with E-state index in [1.54, 1.807) is 0 Å². The van der Waals surface area contributed by atoms with Crippen LogP contribution in [0, 0.1) is 0 Å². The smallest absolute Gasteiger partial charge is 0.231 e. The standard InChI is InChI=1S/C19H18ClN5OS/c20-15-8-6-14(7-9-15)18(13-4-2-1-3-5-13)21-17(26)12-27-19-22-23-24-25(19)16-10-11-16/h1-9,16,18H,10-12H2,(H,21,26)/t18-/m0/s1. The van der Waals surface area contributed by atoms with Crippen molar-refractivity contribution in [1.29, 1.82) is 0 Å². The zero-order valence-corrected chi connectivity index (χ0v) is 16.0. The van der Waals surface area contributed by atoms with Crippen LogP contribution >= 0.6 is 23.4 Å². The Morgan fingerprint density at radius 1 is 1.15 bits per heavy atom. The Bertz CT molecular complexity index is 911. The van der Waals surface area contributed by atoms with Gasteiger partial charge in [0.25, 0.3) is 0 Å². The van der Waals surface area contributed by atoms with E-state index in [1.807, 2.05) is 59.3 Å². The molecular formula is C19H18ClN5OS. The minimum atomic E-state index is -0.240. The van der Waals surface area contributed by atoms with Gasteiger partial charge in [-0.25, -0.2) is 4.68 Å². The first-order chi connectivity index (χ1) is 13.2. The van der Waals surface area contributed by atoms with Crippen LogP contribution in [-0.2, 0) is 4.79 Å². The van der Waals surface area contributed by atoms with Gasteiger partial charge in [-0.1, -0.05) is 65.8 Å². The fourth-order valence-corrected chi connectivity index (χ4v) is 3.70. The summed E-state index contributed by atoms with van der Waals surface area (Å²) >= 11 is 7.37. The third-order valence-electron chi connectivity index (χ3n) is 4.33. The third-order valence-corrected chi connectivity index (χ3v) is 5.51. The fraction of sp³-hybridized carbons (Fsp3) is 0.263. The van der Waals surface area contributed by atoms with Crippen LogP contribution in [0.3, 0.4) is 0 Å². The van der Waals surface area contributed by atoms with Crippen LogP contribution < -0.4 is 5.32 Å². The number of nitrogens with zero attached hydrogens (tertiary/aromatic N) is 4. The summed E-state index contributed by atoms with van der Waals surface area (Å²) in [5.74, 6) is 0.179. The molecule has 1 amide bonds. The van der Waals surface area contributed by atoms with Crippen molar-refractivity contribution >= 4 is 29.3 Å². The zero-order chi connectivity index (χ0) is 18.6. The van der Waals surface area contributed by atoms with E-state index in [-0.39, 0.29) is 17.7 Å². The van der Waals surface area contributed by atoms with Crippen molar-refractivity contribution in [2.75, 3.05) is 5.75 Å². The van der Waals surface area contributed by atoms with Crippen LogP contribution in [0.1, 0.15) is 36.1 Å². The van der Waals surface area contributed by atoms with Gasteiger partial charge >= 0.3 is 0 Å². The highest BCUT2D eigenvalue weighted by Crippen LogP contribution is 2.36. The summed E-state index contributed by atoms with van der Waals surface area (Å²) in [5.41, 5.74) is 1.99. The summed E-state index contributed by atoms with van der Waals surface area (Å²) < 4.78 is 1.81. The first-order valence-electron chi connectivity index (χ1n) is 8.71. The average molecular weight is 400 g/mol. The number of benzene rings is 2. The highest BCUT2D eigenvalue weighted by molar-refractivity contribution is 7.99. The van der Waals surface area contributed by atoms with E-state index >= 15 is 0 Å². The predicted octanol–water partition coefficient (Wildman–Crippen LogP) is 3.66. The Morgan fingerprint density at radius 3 is 2.56 bits per heavy atom. The van der Waals surface area contributed by atoms with Crippen molar-refractivity contribution < 1.29 is 4.79 Å². The summed E-state index contributed by atoms with van der Waals surface area (Å²) in [6.45, 7) is 0. The van der Waals surface area contributed by atoms with E-state index in [4.69, 9.17) is 11.6 Å². The Balaban J connectivity index is 1.46. The lowest BCUT2D eigenvalue weighted by molar-refractivity contribution is -0.119. The number of tetrazole rings is 1. The topological polar surface area (TPSA) is 72.7 Å². The summed E-state index contributed by atoms with van der Waals surface area (Å²) in [6.07, 6.45) is 2.19. The van der Waals surface area contributed by atoms with Crippen molar-refractivity contribution in [2.45, 2.75) is 30.1 Å². The molecule has 0 saturated heterocycles. The fourth-order valence-electron chi connectivity index (χ4n) is 2.82. The van der Waals surface area contributed by atoms with Gasteiger partial charge in [-0.3, -0.25) is 4.79 Å². The number of carbonyl (C=O) groups is 1. The predicted molar refractivity (Wildman–Crippen MR) is 105 cm³/mol. The Kier molecular flexibility index (Phi) is 5.40. The molecule has 1 aliphatic rings. The van der Waals surface area contributed by atoms with E-state index in [0.29, 0.717) is 16.2 Å². The highest BCUT2D eigenvalue weighted by Gasteiger charge is 2.28. The normalized spacial score (nSPS) is 14.7. The van der Waals surface area contributed by atoms with Gasteiger partial charge in [0.1, 0.15) is 0 Å². The first-order valence-corrected chi connectivity index (χ1v) is 10.1. The van der Waals surface area contributed by atoms with Crippen molar-refractivity contribution in [1.82, 2.24) is 25.5 Å². The van der Waals surface area contributed by atoms with Gasteiger partial charge in [0, 0.05) is 5.02 Å². The second-order valence-corrected chi connectivity index (χ2v) is 7.77. The number of aromatic nitrogens is 4. The largest absolute Gasteiger partial charge is 0.344 e. The summed E-state index contributed by atoms with van der Waals surface area (Å²) in [5, 5.41) is 16.2. The van der Waals surface area contributed by atoms with Crippen molar-refractivity contribution in [3.05, 3.63) is 70.7 Å². The molecular weight excluding hydrogens is 382 g/mol. The van der Waals surface area contributed by atoms with E-state index in [1.165, 1.54) is 11.8 Å². The molecule has 138 valence electrons.